The molecule has 1 aromatic heterocycles. The van der Waals surface area contributed by atoms with E-state index in [1.54, 1.807) is 44.7 Å². The van der Waals surface area contributed by atoms with Gasteiger partial charge in [-0.3, -0.25) is 5.10 Å². The summed E-state index contributed by atoms with van der Waals surface area (Å²) in [5.41, 5.74) is 2.05. The van der Waals surface area contributed by atoms with Crippen molar-refractivity contribution in [1.82, 2.24) is 15.0 Å². The van der Waals surface area contributed by atoms with Crippen LogP contribution >= 0.6 is 15.9 Å². The SMILES string of the molecule is COc1ccc(-c2[nH]ncc2C=NNS(=O)(=O)c2ccc(Br)cc2)cc1OC. The Bertz CT molecular complexity index is 1100. The first-order chi connectivity index (χ1) is 13.4. The molecule has 0 aliphatic rings. The molecule has 0 aliphatic heterocycles. The Morgan fingerprint density at radius 2 is 1.82 bits per heavy atom. The molecule has 8 nitrogen and oxygen atoms in total. The van der Waals surface area contributed by atoms with Crippen LogP contribution in [0.3, 0.4) is 0 Å². The Kier molecular flexibility index (Phi) is 6.00. The number of ether oxygens (including phenoxy) is 2. The lowest BCUT2D eigenvalue weighted by Gasteiger charge is -2.09. The molecule has 0 aliphatic carbocycles. The molecule has 0 saturated heterocycles. The number of hydrogen-bond donors (Lipinski definition) is 2. The fourth-order valence-corrected chi connectivity index (χ4v) is 3.50. The van der Waals surface area contributed by atoms with Crippen LogP contribution in [-0.2, 0) is 10.0 Å². The lowest BCUT2D eigenvalue weighted by atomic mass is 10.1. The maximum Gasteiger partial charge on any atom is 0.276 e. The molecule has 146 valence electrons. The topological polar surface area (TPSA) is 106 Å². The van der Waals surface area contributed by atoms with Gasteiger partial charge in [-0.2, -0.15) is 18.6 Å². The third-order valence-corrected chi connectivity index (χ3v) is 5.61. The van der Waals surface area contributed by atoms with Crippen molar-refractivity contribution in [3.63, 3.8) is 0 Å². The first kappa shape index (κ1) is 19.9. The number of methoxy groups -OCH3 is 2. The summed E-state index contributed by atoms with van der Waals surface area (Å²) in [4.78, 5) is 2.30. The molecule has 28 heavy (non-hydrogen) atoms. The molecule has 0 radical (unpaired) electrons. The summed E-state index contributed by atoms with van der Waals surface area (Å²) in [6, 6.07) is 11.6. The van der Waals surface area contributed by atoms with Gasteiger partial charge in [-0.1, -0.05) is 15.9 Å². The number of sulfonamides is 1. The van der Waals surface area contributed by atoms with Gasteiger partial charge in [0.2, 0.25) is 0 Å². The number of halogens is 1. The number of aromatic amines is 1. The molecule has 0 unspecified atom stereocenters. The quantitative estimate of drug-likeness (QED) is 0.412. The fourth-order valence-electron chi connectivity index (χ4n) is 2.45. The number of aromatic nitrogens is 2. The zero-order valence-corrected chi connectivity index (χ0v) is 17.4. The summed E-state index contributed by atoms with van der Waals surface area (Å²) in [6.07, 6.45) is 2.93. The van der Waals surface area contributed by atoms with Gasteiger partial charge in [0, 0.05) is 15.6 Å². The van der Waals surface area contributed by atoms with E-state index in [0.717, 1.165) is 10.0 Å². The number of nitrogens with zero attached hydrogens (tertiary/aromatic N) is 2. The molecule has 3 rings (SSSR count). The second-order valence-corrected chi connectivity index (χ2v) is 8.15. The van der Waals surface area contributed by atoms with Crippen LogP contribution in [0.15, 0.2) is 63.1 Å². The normalized spacial score (nSPS) is 11.5. The van der Waals surface area contributed by atoms with Crippen LogP contribution in [0.1, 0.15) is 5.56 Å². The van der Waals surface area contributed by atoms with Gasteiger partial charge in [0.15, 0.2) is 11.5 Å². The molecule has 1 heterocycles. The van der Waals surface area contributed by atoms with Crippen LogP contribution in [0.2, 0.25) is 0 Å². The highest BCUT2D eigenvalue weighted by Gasteiger charge is 2.13. The number of nitrogens with one attached hydrogen (secondary N) is 2. The predicted molar refractivity (Wildman–Crippen MR) is 109 cm³/mol. The van der Waals surface area contributed by atoms with Gasteiger partial charge in [0.05, 0.1) is 37.2 Å². The smallest absolute Gasteiger partial charge is 0.276 e. The van der Waals surface area contributed by atoms with Gasteiger partial charge >= 0.3 is 0 Å². The van der Waals surface area contributed by atoms with Gasteiger partial charge < -0.3 is 9.47 Å². The maximum atomic E-state index is 12.3. The number of rotatable bonds is 7. The van der Waals surface area contributed by atoms with Crippen molar-refractivity contribution in [2.24, 2.45) is 5.10 Å². The van der Waals surface area contributed by atoms with Gasteiger partial charge in [0.25, 0.3) is 10.0 Å². The zero-order valence-electron chi connectivity index (χ0n) is 15.0. The van der Waals surface area contributed by atoms with Crippen molar-refractivity contribution < 1.29 is 17.9 Å². The standard InChI is InChI=1S/C18H17BrN4O4S/c1-26-16-8-3-12(9-17(16)27-2)18-13(10-20-22-18)11-21-23-28(24,25)15-6-4-14(19)5-7-15/h3-11,23H,1-2H3,(H,20,22). The van der Waals surface area contributed by atoms with E-state index in [2.05, 4.69) is 36.1 Å². The van der Waals surface area contributed by atoms with Gasteiger partial charge in [-0.05, 0) is 42.5 Å². The number of hydrogen-bond acceptors (Lipinski definition) is 6. The summed E-state index contributed by atoms with van der Waals surface area (Å²) in [5.74, 6) is 1.16. The minimum Gasteiger partial charge on any atom is -0.493 e. The van der Waals surface area contributed by atoms with Crippen molar-refractivity contribution in [3.8, 4) is 22.8 Å². The highest BCUT2D eigenvalue weighted by Crippen LogP contribution is 2.32. The molecule has 0 spiro atoms. The predicted octanol–water partition coefficient (Wildman–Crippen LogP) is 3.17. The molecular formula is C18H17BrN4O4S. The average Bonchev–Trinajstić information content (AvgIpc) is 3.16. The van der Waals surface area contributed by atoms with E-state index < -0.39 is 10.0 Å². The van der Waals surface area contributed by atoms with E-state index >= 15 is 0 Å². The Labute approximate surface area is 170 Å². The molecule has 0 saturated carbocycles. The van der Waals surface area contributed by atoms with E-state index in [-0.39, 0.29) is 4.90 Å². The lowest BCUT2D eigenvalue weighted by Crippen LogP contribution is -2.18. The molecular weight excluding hydrogens is 448 g/mol. The Balaban J connectivity index is 1.82. The van der Waals surface area contributed by atoms with Gasteiger partial charge in [0.1, 0.15) is 0 Å². The number of hydrazone groups is 1. The van der Waals surface area contributed by atoms with Crippen LogP contribution < -0.4 is 14.3 Å². The summed E-state index contributed by atoms with van der Waals surface area (Å²) < 4.78 is 35.9. The molecule has 0 bridgehead atoms. The largest absolute Gasteiger partial charge is 0.493 e. The minimum atomic E-state index is -3.76. The summed E-state index contributed by atoms with van der Waals surface area (Å²) in [6.45, 7) is 0. The van der Waals surface area contributed by atoms with Crippen molar-refractivity contribution in [1.29, 1.82) is 0 Å². The van der Waals surface area contributed by atoms with E-state index in [0.29, 0.717) is 22.8 Å². The third kappa shape index (κ3) is 4.34. The van der Waals surface area contributed by atoms with Gasteiger partial charge in [-0.15, -0.1) is 0 Å². The Morgan fingerprint density at radius 3 is 2.50 bits per heavy atom. The van der Waals surface area contributed by atoms with Crippen LogP contribution in [0.25, 0.3) is 11.3 Å². The highest BCUT2D eigenvalue weighted by molar-refractivity contribution is 9.10. The van der Waals surface area contributed by atoms with Crippen LogP contribution in [0.4, 0.5) is 0 Å². The fraction of sp³-hybridized carbons (Fsp3) is 0.111. The second kappa shape index (κ2) is 8.44. The summed E-state index contributed by atoms with van der Waals surface area (Å²) in [7, 11) is -0.655. The zero-order chi connectivity index (χ0) is 20.1. The van der Waals surface area contributed by atoms with E-state index in [1.165, 1.54) is 18.3 Å². The molecule has 2 N–H and O–H groups in total. The second-order valence-electron chi connectivity index (χ2n) is 5.58. The summed E-state index contributed by atoms with van der Waals surface area (Å²) >= 11 is 3.27. The average molecular weight is 465 g/mol. The molecule has 0 atom stereocenters. The van der Waals surface area contributed by atoms with Crippen molar-refractivity contribution in [2.75, 3.05) is 14.2 Å². The molecule has 0 amide bonds. The number of benzene rings is 2. The minimum absolute atomic E-state index is 0.111. The first-order valence-corrected chi connectivity index (χ1v) is 10.3. The van der Waals surface area contributed by atoms with Crippen LogP contribution in [0.5, 0.6) is 11.5 Å². The molecule has 3 aromatic rings. The maximum absolute atomic E-state index is 12.3. The van der Waals surface area contributed by atoms with E-state index in [4.69, 9.17) is 9.47 Å². The molecule has 0 fully saturated rings. The van der Waals surface area contributed by atoms with Gasteiger partial charge in [-0.25, -0.2) is 4.83 Å². The third-order valence-electron chi connectivity index (χ3n) is 3.84. The monoisotopic (exact) mass is 464 g/mol. The van der Waals surface area contributed by atoms with Crippen molar-refractivity contribution in [2.45, 2.75) is 4.90 Å². The van der Waals surface area contributed by atoms with E-state index in [9.17, 15) is 8.42 Å². The Hall–Kier alpha value is -2.85. The Morgan fingerprint density at radius 1 is 1.11 bits per heavy atom. The van der Waals surface area contributed by atoms with Crippen molar-refractivity contribution >= 4 is 32.2 Å². The lowest BCUT2D eigenvalue weighted by molar-refractivity contribution is 0.355. The summed E-state index contributed by atoms with van der Waals surface area (Å²) in [5, 5.41) is 10.7. The van der Waals surface area contributed by atoms with E-state index in [1.807, 2.05) is 6.07 Å². The van der Waals surface area contributed by atoms with Crippen molar-refractivity contribution in [3.05, 3.63) is 58.7 Å². The van der Waals surface area contributed by atoms with Crippen LogP contribution in [0, 0.1) is 0 Å². The molecule has 10 heteroatoms. The molecule has 2 aromatic carbocycles. The highest BCUT2D eigenvalue weighted by atomic mass is 79.9. The number of H-pyrrole nitrogens is 1. The first-order valence-electron chi connectivity index (χ1n) is 8.01. The van der Waals surface area contributed by atoms with Crippen LogP contribution in [-0.4, -0.2) is 39.0 Å².